The smallest absolute Gasteiger partial charge is 0.260 e. The van der Waals surface area contributed by atoms with E-state index in [1.165, 1.54) is 37.3 Å². The van der Waals surface area contributed by atoms with Crippen molar-refractivity contribution in [2.24, 2.45) is 5.92 Å². The Bertz CT molecular complexity index is 1070. The summed E-state index contributed by atoms with van der Waals surface area (Å²) >= 11 is 0. The molecule has 0 saturated heterocycles. The van der Waals surface area contributed by atoms with Gasteiger partial charge in [0.15, 0.2) is 17.6 Å². The largest absolute Gasteiger partial charge is 0.478 e. The van der Waals surface area contributed by atoms with Gasteiger partial charge in [-0.3, -0.25) is 19.4 Å². The average Bonchev–Trinajstić information content (AvgIpc) is 3.00. The third kappa shape index (κ3) is 3.66. The number of halogens is 1. The van der Waals surface area contributed by atoms with Gasteiger partial charge in [-0.15, -0.1) is 0 Å². The van der Waals surface area contributed by atoms with Gasteiger partial charge in [-0.2, -0.15) is 0 Å². The summed E-state index contributed by atoms with van der Waals surface area (Å²) in [6.07, 6.45) is -0.338. The second-order valence-electron chi connectivity index (χ2n) is 7.69. The molecule has 2 amide bonds. The molecular formula is C22H23FN4O5. The van der Waals surface area contributed by atoms with Crippen LogP contribution in [0.2, 0.25) is 0 Å². The van der Waals surface area contributed by atoms with E-state index in [-0.39, 0.29) is 41.8 Å². The minimum Gasteiger partial charge on any atom is -0.478 e. The second-order valence-corrected chi connectivity index (χ2v) is 7.69. The van der Waals surface area contributed by atoms with Crippen LogP contribution in [-0.4, -0.2) is 60.7 Å². The first-order valence-electron chi connectivity index (χ1n) is 10.2. The van der Waals surface area contributed by atoms with Crippen molar-refractivity contribution in [2.75, 3.05) is 25.5 Å². The molecule has 2 aliphatic heterocycles. The number of carbonyl (C=O) groups excluding carboxylic acids is 3. The lowest BCUT2D eigenvalue weighted by Gasteiger charge is -2.38. The maximum absolute atomic E-state index is 13.3. The van der Waals surface area contributed by atoms with Crippen LogP contribution in [0.5, 0.6) is 5.75 Å². The van der Waals surface area contributed by atoms with Gasteiger partial charge in [-0.25, -0.2) is 4.39 Å². The molecule has 3 heterocycles. The molecule has 3 N–H and O–H groups in total. The van der Waals surface area contributed by atoms with Gasteiger partial charge >= 0.3 is 0 Å². The number of aliphatic hydroxyl groups is 1. The van der Waals surface area contributed by atoms with Crippen molar-refractivity contribution < 1.29 is 28.6 Å². The monoisotopic (exact) mass is 442 g/mol. The molecule has 9 nitrogen and oxygen atoms in total. The number of amides is 2. The summed E-state index contributed by atoms with van der Waals surface area (Å²) < 4.78 is 19.4. The Morgan fingerprint density at radius 3 is 2.56 bits per heavy atom. The number of aliphatic hydroxyl groups excluding tert-OH is 1. The molecule has 10 heteroatoms. The van der Waals surface area contributed by atoms with Crippen LogP contribution in [0.15, 0.2) is 30.5 Å². The van der Waals surface area contributed by atoms with Gasteiger partial charge in [-0.1, -0.05) is 12.1 Å². The summed E-state index contributed by atoms with van der Waals surface area (Å²) in [5.41, 5.74) is 1.59. The molecule has 0 spiro atoms. The predicted octanol–water partition coefficient (Wildman–Crippen LogP) is 0.392. The summed E-state index contributed by atoms with van der Waals surface area (Å²) in [4.78, 5) is 43.6. The molecule has 1 aromatic carbocycles. The summed E-state index contributed by atoms with van der Waals surface area (Å²) in [5, 5.41) is 15.9. The van der Waals surface area contributed by atoms with Crippen LogP contribution in [0, 0.1) is 11.7 Å². The standard InChI is InChI=1S/C22H23FN4O5/c1-24-20(29)14-7-8-27-17-16(18(28)15(22(27)31)21(30)25-2)26-10-12(19(17)32-14)9-11-3-5-13(23)6-4-11/h3-6,10,14-15,22,31H,7-9H2,1-2H3,(H,24,29)(H,25,30). The molecule has 0 aliphatic carbocycles. The number of anilines is 1. The van der Waals surface area contributed by atoms with Crippen LogP contribution < -0.4 is 20.3 Å². The number of hydrogen-bond acceptors (Lipinski definition) is 7. The summed E-state index contributed by atoms with van der Waals surface area (Å²) in [7, 11) is 2.88. The Kier molecular flexibility index (Phi) is 5.79. The maximum Gasteiger partial charge on any atom is 0.260 e. The molecule has 4 rings (SSSR count). The van der Waals surface area contributed by atoms with Crippen LogP contribution in [0.4, 0.5) is 10.1 Å². The zero-order valence-electron chi connectivity index (χ0n) is 17.6. The first-order valence-corrected chi connectivity index (χ1v) is 10.2. The lowest BCUT2D eigenvalue weighted by atomic mass is 9.90. The summed E-state index contributed by atoms with van der Waals surface area (Å²) in [6.45, 7) is 0.168. The first kappa shape index (κ1) is 21.7. The molecule has 3 unspecified atom stereocenters. The molecule has 2 aliphatic rings. The van der Waals surface area contributed by atoms with Crippen molar-refractivity contribution in [1.82, 2.24) is 15.6 Å². The number of carbonyl (C=O) groups is 3. The number of pyridine rings is 1. The number of nitrogens with zero attached hydrogens (tertiary/aromatic N) is 2. The van der Waals surface area contributed by atoms with Crippen molar-refractivity contribution in [3.05, 3.63) is 53.1 Å². The zero-order valence-corrected chi connectivity index (χ0v) is 17.6. The minimum absolute atomic E-state index is 0.000636. The average molecular weight is 442 g/mol. The number of benzene rings is 1. The van der Waals surface area contributed by atoms with E-state index in [1.54, 1.807) is 12.1 Å². The Balaban J connectivity index is 1.85. The van der Waals surface area contributed by atoms with Gasteiger partial charge in [0, 0.05) is 45.2 Å². The molecule has 0 saturated carbocycles. The Labute approximate surface area is 183 Å². The Hall–Kier alpha value is -3.53. The number of aromatic nitrogens is 1. The van der Waals surface area contributed by atoms with Crippen molar-refractivity contribution in [3.63, 3.8) is 0 Å². The van der Waals surface area contributed by atoms with Crippen molar-refractivity contribution in [1.29, 1.82) is 0 Å². The molecule has 168 valence electrons. The van der Waals surface area contributed by atoms with E-state index < -0.39 is 29.9 Å². The van der Waals surface area contributed by atoms with E-state index >= 15 is 0 Å². The number of rotatable bonds is 4. The highest BCUT2D eigenvalue weighted by Crippen LogP contribution is 2.44. The van der Waals surface area contributed by atoms with Gasteiger partial charge in [0.1, 0.15) is 29.3 Å². The van der Waals surface area contributed by atoms with Gasteiger partial charge < -0.3 is 25.4 Å². The minimum atomic E-state index is -1.44. The number of nitrogens with one attached hydrogen (secondary N) is 2. The van der Waals surface area contributed by atoms with Gasteiger partial charge in [0.2, 0.25) is 5.91 Å². The van der Waals surface area contributed by atoms with E-state index in [1.807, 2.05) is 0 Å². The number of likely N-dealkylation sites (N-methyl/N-ethyl adjacent to an activating group) is 1. The molecule has 32 heavy (non-hydrogen) atoms. The molecule has 3 atom stereocenters. The van der Waals surface area contributed by atoms with Gasteiger partial charge in [-0.05, 0) is 17.7 Å². The predicted molar refractivity (Wildman–Crippen MR) is 112 cm³/mol. The maximum atomic E-state index is 13.3. The third-order valence-corrected chi connectivity index (χ3v) is 5.77. The quantitative estimate of drug-likeness (QED) is 0.586. The van der Waals surface area contributed by atoms with Crippen LogP contribution in [0.25, 0.3) is 0 Å². The molecular weight excluding hydrogens is 419 g/mol. The fourth-order valence-corrected chi connectivity index (χ4v) is 4.10. The SMILES string of the molecule is CNC(=O)C1CCN2c3c(ncc(Cc4ccc(F)cc4)c3O1)C(=O)C(C(=O)NC)C2O. The fourth-order valence-electron chi connectivity index (χ4n) is 4.10. The third-order valence-electron chi connectivity index (χ3n) is 5.77. The normalized spacial score (nSPS) is 21.8. The zero-order chi connectivity index (χ0) is 23.0. The van der Waals surface area contributed by atoms with Crippen LogP contribution in [-0.2, 0) is 16.0 Å². The highest BCUT2D eigenvalue weighted by molar-refractivity contribution is 6.14. The summed E-state index contributed by atoms with van der Waals surface area (Å²) in [6, 6.07) is 5.91. The molecule has 2 aromatic rings. The van der Waals surface area contributed by atoms with Crippen LogP contribution >= 0.6 is 0 Å². The highest BCUT2D eigenvalue weighted by atomic mass is 19.1. The molecule has 0 fully saturated rings. The number of ketones is 1. The Morgan fingerprint density at radius 1 is 1.22 bits per heavy atom. The van der Waals surface area contributed by atoms with Crippen molar-refractivity contribution >= 4 is 23.3 Å². The first-order chi connectivity index (χ1) is 15.3. The summed E-state index contributed by atoms with van der Waals surface area (Å²) in [5.74, 6) is -3.08. The fraction of sp³-hybridized carbons (Fsp3) is 0.364. The number of hydrogen-bond donors (Lipinski definition) is 3. The van der Waals surface area contributed by atoms with Crippen molar-refractivity contribution in [3.8, 4) is 5.75 Å². The van der Waals surface area contributed by atoms with E-state index in [0.29, 0.717) is 12.0 Å². The van der Waals surface area contributed by atoms with Gasteiger partial charge in [0.25, 0.3) is 5.91 Å². The van der Waals surface area contributed by atoms with E-state index in [4.69, 9.17) is 4.74 Å². The van der Waals surface area contributed by atoms with E-state index in [0.717, 1.165) is 5.56 Å². The topological polar surface area (TPSA) is 121 Å². The van der Waals surface area contributed by atoms with Gasteiger partial charge in [0.05, 0.1) is 0 Å². The molecule has 0 bridgehead atoms. The van der Waals surface area contributed by atoms with Crippen LogP contribution in [0.3, 0.4) is 0 Å². The Morgan fingerprint density at radius 2 is 1.91 bits per heavy atom. The highest BCUT2D eigenvalue weighted by Gasteiger charge is 2.47. The lowest BCUT2D eigenvalue weighted by molar-refractivity contribution is -0.128. The number of Topliss-reactive ketones (excluding diaryl/α,β-unsaturated/α-hetero) is 1. The van der Waals surface area contributed by atoms with E-state index in [9.17, 15) is 23.9 Å². The molecule has 1 aromatic heterocycles. The molecule has 0 radical (unpaired) electrons. The van der Waals surface area contributed by atoms with Crippen LogP contribution in [0.1, 0.15) is 28.0 Å². The number of ether oxygens (including phenoxy) is 1. The lowest BCUT2D eigenvalue weighted by Crippen LogP contribution is -2.54. The second kappa shape index (κ2) is 8.54. The van der Waals surface area contributed by atoms with E-state index in [2.05, 4.69) is 15.6 Å². The van der Waals surface area contributed by atoms with Crippen molar-refractivity contribution in [2.45, 2.75) is 25.2 Å².